The van der Waals surface area contributed by atoms with Crippen molar-refractivity contribution in [2.75, 3.05) is 0 Å². The molecule has 4 rings (SSSR count). The molecule has 0 unspecified atom stereocenters. The van der Waals surface area contributed by atoms with Crippen molar-refractivity contribution in [1.82, 2.24) is 0 Å². The number of fused-ring (bicyclic) bond motifs is 2. The normalized spacial score (nSPS) is 11.6. The Balaban J connectivity index is 0.000000253. The molecule has 0 amide bonds. The zero-order chi connectivity index (χ0) is 26.3. The summed E-state index contributed by atoms with van der Waals surface area (Å²) in [6.45, 7) is 4.29. The summed E-state index contributed by atoms with van der Waals surface area (Å²) in [5, 5.41) is 3.51. The van der Waals surface area contributed by atoms with Crippen molar-refractivity contribution in [3.63, 3.8) is 0 Å². The zero-order valence-electron chi connectivity index (χ0n) is 21.1. The Kier molecular flexibility index (Phi) is 12.0. The third-order valence-corrected chi connectivity index (χ3v) is 7.63. The zero-order valence-corrected chi connectivity index (χ0v) is 25.0. The molecule has 6 nitrogen and oxygen atoms in total. The van der Waals surface area contributed by atoms with E-state index in [4.69, 9.17) is 0 Å². The number of benzene rings is 4. The molecule has 0 heterocycles. The molecule has 0 N–H and O–H groups in total. The number of aryl methyl sites for hydroxylation is 2. The molecule has 4 aromatic rings. The van der Waals surface area contributed by atoms with Crippen LogP contribution in [0.15, 0.2) is 82.6 Å². The van der Waals surface area contributed by atoms with Gasteiger partial charge in [0.25, 0.3) is 0 Å². The average Bonchev–Trinajstić information content (AvgIpc) is 2.84. The van der Waals surface area contributed by atoms with E-state index in [-0.39, 0.29) is 47.5 Å². The Hall–Kier alpha value is -1.52. The minimum absolute atomic E-state index is 0. The Labute approximate surface area is 249 Å². The smallest absolute Gasteiger partial charge is 0.744 e. The maximum absolute atomic E-state index is 10.9. The van der Waals surface area contributed by atoms with E-state index in [1.807, 2.05) is 36.4 Å². The quantitative estimate of drug-likeness (QED) is 0.197. The molecular weight excluding hydrogens is 537 g/mol. The first-order chi connectivity index (χ1) is 17.0. The number of rotatable bonds is 8. The SMILES string of the molecule is CCCCc1ccc2cc(S(=O)(=O)[O-])ccc2c1.CCCCc1ccc2cc(S(=O)(=O)[O-])ccc2c1.[Ca+2]. The standard InChI is InChI=1S/2C14H16O3S.Ca/c2*1-2-3-4-11-5-6-13-10-14(18(15,16)17)8-7-12(13)9-11;/h2*5-10H,2-4H2,1H3,(H,15,16,17);/q;;+2/p-2. The molecule has 0 saturated carbocycles. The molecule has 0 radical (unpaired) electrons. The molecule has 0 fully saturated rings. The third kappa shape index (κ3) is 9.32. The van der Waals surface area contributed by atoms with Gasteiger partial charge in [-0.05, 0) is 82.6 Å². The van der Waals surface area contributed by atoms with Crippen molar-refractivity contribution in [3.8, 4) is 0 Å². The van der Waals surface area contributed by atoms with Gasteiger partial charge in [0.15, 0.2) is 0 Å². The molecule has 0 bridgehead atoms. The van der Waals surface area contributed by atoms with Gasteiger partial charge >= 0.3 is 37.7 Å². The fourth-order valence-corrected chi connectivity index (χ4v) is 4.94. The van der Waals surface area contributed by atoms with Crippen LogP contribution in [0.3, 0.4) is 0 Å². The van der Waals surface area contributed by atoms with Crippen molar-refractivity contribution < 1.29 is 25.9 Å². The second-order valence-corrected chi connectivity index (χ2v) is 11.6. The molecular formula is C28H30CaO6S2. The fourth-order valence-electron chi connectivity index (χ4n) is 3.93. The van der Waals surface area contributed by atoms with Crippen LogP contribution in [0.1, 0.15) is 50.7 Å². The molecule has 0 aliphatic heterocycles. The topological polar surface area (TPSA) is 114 Å². The second kappa shape index (κ2) is 14.0. The van der Waals surface area contributed by atoms with E-state index in [2.05, 4.69) is 13.8 Å². The van der Waals surface area contributed by atoms with Crippen molar-refractivity contribution in [2.45, 2.75) is 62.2 Å². The number of hydrogen-bond acceptors (Lipinski definition) is 6. The fraction of sp³-hybridized carbons (Fsp3) is 0.286. The summed E-state index contributed by atoms with van der Waals surface area (Å²) in [6.07, 6.45) is 6.61. The van der Waals surface area contributed by atoms with Crippen LogP contribution >= 0.6 is 0 Å². The Bertz CT molecular complexity index is 1450. The van der Waals surface area contributed by atoms with Crippen LogP contribution in [0.5, 0.6) is 0 Å². The Morgan fingerprint density at radius 2 is 0.865 bits per heavy atom. The van der Waals surface area contributed by atoms with Crippen LogP contribution in [-0.4, -0.2) is 63.7 Å². The van der Waals surface area contributed by atoms with Gasteiger partial charge < -0.3 is 9.11 Å². The molecule has 0 atom stereocenters. The van der Waals surface area contributed by atoms with E-state index in [1.165, 1.54) is 35.4 Å². The maximum Gasteiger partial charge on any atom is 2.00 e. The van der Waals surface area contributed by atoms with Crippen molar-refractivity contribution in [1.29, 1.82) is 0 Å². The van der Waals surface area contributed by atoms with Gasteiger partial charge in [0, 0.05) is 0 Å². The first kappa shape index (κ1) is 31.7. The van der Waals surface area contributed by atoms with Gasteiger partial charge in [0.05, 0.1) is 9.79 Å². The first-order valence-corrected chi connectivity index (χ1v) is 14.8. The van der Waals surface area contributed by atoms with E-state index in [9.17, 15) is 25.9 Å². The Morgan fingerprint density at radius 1 is 0.541 bits per heavy atom. The van der Waals surface area contributed by atoms with Crippen LogP contribution in [0.25, 0.3) is 21.5 Å². The van der Waals surface area contributed by atoms with Gasteiger partial charge in [-0.15, -0.1) is 0 Å². The monoisotopic (exact) mass is 566 g/mol. The van der Waals surface area contributed by atoms with Crippen LogP contribution in [0, 0.1) is 0 Å². The third-order valence-electron chi connectivity index (χ3n) is 5.97. The first-order valence-electron chi connectivity index (χ1n) is 12.0. The molecule has 0 aliphatic carbocycles. The molecule has 0 aromatic heterocycles. The van der Waals surface area contributed by atoms with Crippen LogP contribution in [-0.2, 0) is 33.1 Å². The predicted molar refractivity (Wildman–Crippen MR) is 147 cm³/mol. The number of unbranched alkanes of at least 4 members (excludes halogenated alkanes) is 2. The molecule has 9 heteroatoms. The van der Waals surface area contributed by atoms with Gasteiger partial charge in [-0.2, -0.15) is 0 Å². The largest absolute Gasteiger partial charge is 2.00 e. The van der Waals surface area contributed by atoms with Gasteiger partial charge in [-0.25, -0.2) is 16.8 Å². The summed E-state index contributed by atoms with van der Waals surface area (Å²) in [4.78, 5) is -0.340. The van der Waals surface area contributed by atoms with E-state index in [0.29, 0.717) is 0 Å². The van der Waals surface area contributed by atoms with Crippen molar-refractivity contribution in [2.24, 2.45) is 0 Å². The summed E-state index contributed by atoms with van der Waals surface area (Å²) in [6, 6.07) is 20.8. The van der Waals surface area contributed by atoms with Gasteiger partial charge in [-0.3, -0.25) is 0 Å². The number of hydrogen-bond donors (Lipinski definition) is 0. The van der Waals surface area contributed by atoms with E-state index in [0.717, 1.165) is 60.1 Å². The molecule has 0 aliphatic rings. The molecule has 0 spiro atoms. The predicted octanol–water partition coefficient (Wildman–Crippen LogP) is 5.79. The van der Waals surface area contributed by atoms with Gasteiger partial charge in [0.2, 0.25) is 0 Å². The van der Waals surface area contributed by atoms with Crippen LogP contribution in [0.4, 0.5) is 0 Å². The summed E-state index contributed by atoms with van der Waals surface area (Å²) in [5.41, 5.74) is 2.48. The summed E-state index contributed by atoms with van der Waals surface area (Å²) in [5.74, 6) is 0. The van der Waals surface area contributed by atoms with Crippen molar-refractivity contribution >= 4 is 79.5 Å². The average molecular weight is 567 g/mol. The molecule has 37 heavy (non-hydrogen) atoms. The minimum Gasteiger partial charge on any atom is -0.744 e. The molecule has 192 valence electrons. The minimum atomic E-state index is -4.37. The summed E-state index contributed by atoms with van der Waals surface area (Å²) >= 11 is 0. The van der Waals surface area contributed by atoms with E-state index < -0.39 is 20.2 Å². The maximum atomic E-state index is 10.9. The van der Waals surface area contributed by atoms with E-state index in [1.54, 1.807) is 12.1 Å². The molecule has 0 saturated heterocycles. The Morgan fingerprint density at radius 3 is 1.19 bits per heavy atom. The van der Waals surface area contributed by atoms with E-state index >= 15 is 0 Å². The van der Waals surface area contributed by atoms with Gasteiger partial charge in [-0.1, -0.05) is 75.2 Å². The second-order valence-electron chi connectivity index (χ2n) is 8.80. The summed E-state index contributed by atoms with van der Waals surface area (Å²) < 4.78 is 65.6. The van der Waals surface area contributed by atoms with Crippen LogP contribution in [0.2, 0.25) is 0 Å². The summed E-state index contributed by atoms with van der Waals surface area (Å²) in [7, 11) is -8.74. The molecule has 4 aromatic carbocycles. The van der Waals surface area contributed by atoms with Gasteiger partial charge in [0.1, 0.15) is 20.2 Å². The van der Waals surface area contributed by atoms with Crippen molar-refractivity contribution in [3.05, 3.63) is 83.9 Å². The van der Waals surface area contributed by atoms with Crippen LogP contribution < -0.4 is 0 Å².